The van der Waals surface area contributed by atoms with Gasteiger partial charge in [0.25, 0.3) is 5.79 Å². The molecule has 1 aliphatic heterocycles. The number of nitrogens with two attached hydrogens (primary N) is 1. The smallest absolute Gasteiger partial charge is 0.251 e. The van der Waals surface area contributed by atoms with Crippen molar-refractivity contribution < 1.29 is 9.47 Å². The highest BCUT2D eigenvalue weighted by Gasteiger charge is 2.48. The molecule has 2 saturated carbocycles. The molecule has 2 N–H and O–H groups in total. The molecule has 1 aromatic rings. The van der Waals surface area contributed by atoms with Gasteiger partial charge in [-0.15, -0.1) is 0 Å². The van der Waals surface area contributed by atoms with Crippen molar-refractivity contribution in [3.63, 3.8) is 0 Å². The van der Waals surface area contributed by atoms with Crippen LogP contribution in [0.1, 0.15) is 37.7 Å². The van der Waals surface area contributed by atoms with Crippen LogP contribution in [0.25, 0.3) is 0 Å². The fourth-order valence-electron chi connectivity index (χ4n) is 2.50. The number of hydrogen-bond acceptors (Lipinski definition) is 3. The topological polar surface area (TPSA) is 44.5 Å². The van der Waals surface area contributed by atoms with E-state index in [2.05, 4.69) is 12.1 Å². The Bertz CT molecular complexity index is 461. The molecule has 16 heavy (non-hydrogen) atoms. The summed E-state index contributed by atoms with van der Waals surface area (Å²) in [5.41, 5.74) is 7.28. The normalized spacial score (nSPS) is 26.6. The maximum Gasteiger partial charge on any atom is 0.251 e. The van der Waals surface area contributed by atoms with E-state index in [1.165, 1.54) is 12.0 Å². The Balaban J connectivity index is 1.71. The molecule has 3 aliphatic rings. The minimum Gasteiger partial charge on any atom is -0.448 e. The summed E-state index contributed by atoms with van der Waals surface area (Å²) in [4.78, 5) is 0. The van der Waals surface area contributed by atoms with Gasteiger partial charge in [-0.25, -0.2) is 0 Å². The Kier molecular flexibility index (Phi) is 1.41. The molecule has 1 spiro atoms. The summed E-state index contributed by atoms with van der Waals surface area (Å²) >= 11 is 0. The van der Waals surface area contributed by atoms with Crippen molar-refractivity contribution in [2.24, 2.45) is 5.73 Å². The molecule has 0 amide bonds. The summed E-state index contributed by atoms with van der Waals surface area (Å²) in [7, 11) is 0. The lowest BCUT2D eigenvalue weighted by Gasteiger charge is -2.35. The van der Waals surface area contributed by atoms with Crippen molar-refractivity contribution in [2.75, 3.05) is 0 Å². The molecule has 84 valence electrons. The van der Waals surface area contributed by atoms with Crippen LogP contribution in [0.15, 0.2) is 18.2 Å². The second kappa shape index (κ2) is 2.54. The van der Waals surface area contributed by atoms with Gasteiger partial charge in [-0.2, -0.15) is 0 Å². The quantitative estimate of drug-likeness (QED) is 0.785. The van der Waals surface area contributed by atoms with Gasteiger partial charge in [0, 0.05) is 18.4 Å². The first kappa shape index (κ1) is 8.88. The van der Waals surface area contributed by atoms with Crippen LogP contribution in [0.5, 0.6) is 11.5 Å². The standard InChI is InChI=1S/C13H15NO2/c14-12(6-7-12)9-2-3-10-11(8-9)16-13(15-10)4-1-5-13/h2-3,8H,1,4-7,14H2. The minimum absolute atomic E-state index is 0.0895. The minimum atomic E-state index is -0.327. The largest absolute Gasteiger partial charge is 0.448 e. The zero-order valence-electron chi connectivity index (χ0n) is 9.16. The van der Waals surface area contributed by atoms with Crippen LogP contribution in [-0.4, -0.2) is 5.79 Å². The van der Waals surface area contributed by atoms with Gasteiger partial charge in [-0.05, 0) is 37.0 Å². The Morgan fingerprint density at radius 3 is 2.38 bits per heavy atom. The molecule has 0 unspecified atom stereocenters. The van der Waals surface area contributed by atoms with Gasteiger partial charge < -0.3 is 15.2 Å². The first-order valence-corrected chi connectivity index (χ1v) is 6.01. The van der Waals surface area contributed by atoms with Crippen molar-refractivity contribution in [2.45, 2.75) is 43.4 Å². The number of fused-ring (bicyclic) bond motifs is 1. The Morgan fingerprint density at radius 2 is 1.75 bits per heavy atom. The zero-order valence-corrected chi connectivity index (χ0v) is 9.16. The van der Waals surface area contributed by atoms with E-state index in [-0.39, 0.29) is 11.3 Å². The molecule has 2 aliphatic carbocycles. The van der Waals surface area contributed by atoms with E-state index in [9.17, 15) is 0 Å². The number of rotatable bonds is 1. The fraction of sp³-hybridized carbons (Fsp3) is 0.538. The summed E-state index contributed by atoms with van der Waals surface area (Å²) in [5, 5.41) is 0. The highest BCUT2D eigenvalue weighted by atomic mass is 16.7. The van der Waals surface area contributed by atoms with Gasteiger partial charge in [0.05, 0.1) is 0 Å². The van der Waals surface area contributed by atoms with Gasteiger partial charge in [0.1, 0.15) is 0 Å². The second-order valence-electron chi connectivity index (χ2n) is 5.29. The molecule has 0 radical (unpaired) electrons. The van der Waals surface area contributed by atoms with Crippen LogP contribution < -0.4 is 15.2 Å². The van der Waals surface area contributed by atoms with Crippen LogP contribution in [0.4, 0.5) is 0 Å². The highest BCUT2D eigenvalue weighted by molar-refractivity contribution is 5.49. The molecule has 1 aromatic carbocycles. The van der Waals surface area contributed by atoms with Gasteiger partial charge in [0.15, 0.2) is 11.5 Å². The molecule has 3 heteroatoms. The Hall–Kier alpha value is -1.22. The number of ether oxygens (including phenoxy) is 2. The number of hydrogen-bond donors (Lipinski definition) is 1. The summed E-state index contributed by atoms with van der Waals surface area (Å²) in [5.74, 6) is 1.44. The molecule has 0 atom stereocenters. The third-order valence-corrected chi connectivity index (χ3v) is 4.01. The molecule has 2 fully saturated rings. The van der Waals surface area contributed by atoms with Crippen LogP contribution in [0.2, 0.25) is 0 Å². The van der Waals surface area contributed by atoms with Gasteiger partial charge >= 0.3 is 0 Å². The van der Waals surface area contributed by atoms with E-state index < -0.39 is 0 Å². The molecular weight excluding hydrogens is 202 g/mol. The van der Waals surface area contributed by atoms with Crippen molar-refractivity contribution in [1.82, 2.24) is 0 Å². The van der Waals surface area contributed by atoms with Gasteiger partial charge in [-0.1, -0.05) is 6.07 Å². The zero-order chi connectivity index (χ0) is 10.8. The highest BCUT2D eigenvalue weighted by Crippen LogP contribution is 2.51. The van der Waals surface area contributed by atoms with Crippen molar-refractivity contribution in [3.05, 3.63) is 23.8 Å². The van der Waals surface area contributed by atoms with E-state index in [0.717, 1.165) is 37.2 Å². The molecular formula is C13H15NO2. The van der Waals surface area contributed by atoms with Gasteiger partial charge in [-0.3, -0.25) is 0 Å². The van der Waals surface area contributed by atoms with Crippen LogP contribution >= 0.6 is 0 Å². The second-order valence-corrected chi connectivity index (χ2v) is 5.29. The molecule has 0 saturated heterocycles. The Labute approximate surface area is 94.5 Å². The van der Waals surface area contributed by atoms with Crippen molar-refractivity contribution >= 4 is 0 Å². The average Bonchev–Trinajstić information content (AvgIpc) is 2.85. The summed E-state index contributed by atoms with van der Waals surface area (Å²) in [6.07, 6.45) is 5.37. The summed E-state index contributed by atoms with van der Waals surface area (Å²) in [6, 6.07) is 6.15. The Morgan fingerprint density at radius 1 is 1.00 bits per heavy atom. The predicted octanol–water partition coefficient (Wildman–Crippen LogP) is 2.29. The van der Waals surface area contributed by atoms with E-state index in [4.69, 9.17) is 15.2 Å². The SMILES string of the molecule is NC1(c2ccc3c(c2)OC2(CCC2)O3)CC1. The predicted molar refractivity (Wildman–Crippen MR) is 59.4 cm³/mol. The monoisotopic (exact) mass is 217 g/mol. The molecule has 0 bridgehead atoms. The van der Waals surface area contributed by atoms with Crippen molar-refractivity contribution in [3.8, 4) is 11.5 Å². The van der Waals surface area contributed by atoms with Gasteiger partial charge in [0.2, 0.25) is 0 Å². The fourth-order valence-corrected chi connectivity index (χ4v) is 2.50. The van der Waals surface area contributed by atoms with E-state index in [1.807, 2.05) is 6.07 Å². The number of benzene rings is 1. The van der Waals surface area contributed by atoms with Crippen LogP contribution in [0, 0.1) is 0 Å². The first-order valence-electron chi connectivity index (χ1n) is 6.01. The van der Waals surface area contributed by atoms with Crippen molar-refractivity contribution in [1.29, 1.82) is 0 Å². The summed E-state index contributed by atoms with van der Waals surface area (Å²) in [6.45, 7) is 0. The lowest BCUT2D eigenvalue weighted by Crippen LogP contribution is -2.45. The summed E-state index contributed by atoms with van der Waals surface area (Å²) < 4.78 is 11.8. The maximum absolute atomic E-state index is 6.18. The van der Waals surface area contributed by atoms with E-state index >= 15 is 0 Å². The lowest BCUT2D eigenvalue weighted by molar-refractivity contribution is -0.138. The maximum atomic E-state index is 6.18. The van der Waals surface area contributed by atoms with Crippen LogP contribution in [-0.2, 0) is 5.54 Å². The average molecular weight is 217 g/mol. The molecule has 3 nitrogen and oxygen atoms in total. The third kappa shape index (κ3) is 1.07. The lowest BCUT2D eigenvalue weighted by atomic mass is 9.91. The third-order valence-electron chi connectivity index (χ3n) is 4.01. The van der Waals surface area contributed by atoms with E-state index in [0.29, 0.717) is 0 Å². The molecule has 4 rings (SSSR count). The van der Waals surface area contributed by atoms with E-state index in [1.54, 1.807) is 0 Å². The molecule has 0 aromatic heterocycles. The van der Waals surface area contributed by atoms with Crippen LogP contribution in [0.3, 0.4) is 0 Å². The first-order chi connectivity index (χ1) is 7.69. The molecule has 1 heterocycles.